The summed E-state index contributed by atoms with van der Waals surface area (Å²) in [6, 6.07) is 6.65. The van der Waals surface area contributed by atoms with E-state index in [9.17, 15) is 9.59 Å². The van der Waals surface area contributed by atoms with Gasteiger partial charge in [0.05, 0.1) is 6.10 Å². The summed E-state index contributed by atoms with van der Waals surface area (Å²) in [6.45, 7) is 5.05. The number of rotatable bonds is 3. The van der Waals surface area contributed by atoms with Gasteiger partial charge in [-0.1, -0.05) is 0 Å². The van der Waals surface area contributed by atoms with E-state index >= 15 is 0 Å². The molecule has 0 fully saturated rings. The van der Waals surface area contributed by atoms with E-state index in [0.717, 1.165) is 0 Å². The average Bonchev–Trinajstić information content (AvgIpc) is 2.16. The normalized spacial score (nSPS) is 10.0. The van der Waals surface area contributed by atoms with Crippen molar-refractivity contribution in [2.45, 2.75) is 26.9 Å². The zero-order valence-electron chi connectivity index (χ0n) is 9.61. The molecular formula is C12H15NO3. The van der Waals surface area contributed by atoms with Gasteiger partial charge in [-0.3, -0.25) is 10.1 Å². The smallest absolute Gasteiger partial charge is 0.411 e. The number of nitrogens with one attached hydrogen (secondary N) is 1. The van der Waals surface area contributed by atoms with Crippen LogP contribution in [0.4, 0.5) is 10.5 Å². The van der Waals surface area contributed by atoms with Crippen LogP contribution in [0.25, 0.3) is 0 Å². The van der Waals surface area contributed by atoms with E-state index in [-0.39, 0.29) is 11.9 Å². The molecule has 86 valence electrons. The molecule has 4 nitrogen and oxygen atoms in total. The third kappa shape index (κ3) is 3.73. The first-order valence-electron chi connectivity index (χ1n) is 5.07. The monoisotopic (exact) mass is 221 g/mol. The fourth-order valence-corrected chi connectivity index (χ4v) is 1.15. The van der Waals surface area contributed by atoms with Crippen LogP contribution in [0.3, 0.4) is 0 Å². The zero-order chi connectivity index (χ0) is 12.1. The minimum absolute atomic E-state index is 0.00342. The quantitative estimate of drug-likeness (QED) is 0.798. The van der Waals surface area contributed by atoms with Gasteiger partial charge in [0.25, 0.3) is 0 Å². The molecule has 16 heavy (non-hydrogen) atoms. The van der Waals surface area contributed by atoms with E-state index in [1.807, 2.05) is 0 Å². The maximum absolute atomic E-state index is 11.2. The number of ketones is 1. The molecular weight excluding hydrogens is 206 g/mol. The molecule has 0 aromatic heterocycles. The summed E-state index contributed by atoms with van der Waals surface area (Å²) in [6.07, 6.45) is -0.651. The SMILES string of the molecule is CC(=O)c1ccc(NC(=O)OC(C)C)cc1. The first-order valence-corrected chi connectivity index (χ1v) is 5.07. The van der Waals surface area contributed by atoms with Crippen LogP contribution < -0.4 is 5.32 Å². The molecule has 1 aromatic rings. The maximum atomic E-state index is 11.2. The third-order valence-corrected chi connectivity index (χ3v) is 1.88. The summed E-state index contributed by atoms with van der Waals surface area (Å²) in [5.41, 5.74) is 1.22. The zero-order valence-corrected chi connectivity index (χ0v) is 9.61. The Bertz CT molecular complexity index is 382. The second kappa shape index (κ2) is 5.30. The van der Waals surface area contributed by atoms with Crippen molar-refractivity contribution >= 4 is 17.6 Å². The van der Waals surface area contributed by atoms with Crippen molar-refractivity contribution in [2.24, 2.45) is 0 Å². The highest BCUT2D eigenvalue weighted by atomic mass is 16.6. The summed E-state index contributed by atoms with van der Waals surface area (Å²) in [5, 5.41) is 2.57. The number of Topliss-reactive ketones (excluding diaryl/α,β-unsaturated/α-hetero) is 1. The number of hydrogen-bond donors (Lipinski definition) is 1. The van der Waals surface area contributed by atoms with E-state index < -0.39 is 6.09 Å². The van der Waals surface area contributed by atoms with Gasteiger partial charge in [-0.25, -0.2) is 4.79 Å². The number of anilines is 1. The van der Waals surface area contributed by atoms with E-state index in [0.29, 0.717) is 11.3 Å². The highest BCUT2D eigenvalue weighted by Crippen LogP contribution is 2.10. The molecule has 0 saturated heterocycles. The second-order valence-corrected chi connectivity index (χ2v) is 3.71. The van der Waals surface area contributed by atoms with Crippen LogP contribution in [0.15, 0.2) is 24.3 Å². The summed E-state index contributed by atoms with van der Waals surface area (Å²) >= 11 is 0. The second-order valence-electron chi connectivity index (χ2n) is 3.71. The lowest BCUT2D eigenvalue weighted by atomic mass is 10.1. The van der Waals surface area contributed by atoms with Gasteiger partial charge in [0.2, 0.25) is 0 Å². The number of amides is 1. The summed E-state index contributed by atoms with van der Waals surface area (Å²) < 4.78 is 4.91. The lowest BCUT2D eigenvalue weighted by Crippen LogP contribution is -2.17. The summed E-state index contributed by atoms with van der Waals surface area (Å²) in [4.78, 5) is 22.3. The number of ether oxygens (including phenoxy) is 1. The van der Waals surface area contributed by atoms with Gasteiger partial charge < -0.3 is 4.74 Å². The van der Waals surface area contributed by atoms with E-state index in [2.05, 4.69) is 5.32 Å². The van der Waals surface area contributed by atoms with Crippen molar-refractivity contribution < 1.29 is 14.3 Å². The maximum Gasteiger partial charge on any atom is 0.411 e. The Morgan fingerprint density at radius 2 is 1.75 bits per heavy atom. The Labute approximate surface area is 94.6 Å². The van der Waals surface area contributed by atoms with Gasteiger partial charge in [-0.15, -0.1) is 0 Å². The van der Waals surface area contributed by atoms with Gasteiger partial charge in [-0.05, 0) is 45.0 Å². The Kier molecular flexibility index (Phi) is 4.05. The summed E-state index contributed by atoms with van der Waals surface area (Å²) in [7, 11) is 0. The molecule has 1 rings (SSSR count). The molecule has 1 aromatic carbocycles. The molecule has 0 spiro atoms. The van der Waals surface area contributed by atoms with Gasteiger partial charge in [-0.2, -0.15) is 0 Å². The molecule has 0 heterocycles. The van der Waals surface area contributed by atoms with E-state index in [1.165, 1.54) is 6.92 Å². The van der Waals surface area contributed by atoms with Crippen molar-refractivity contribution in [1.82, 2.24) is 0 Å². The average molecular weight is 221 g/mol. The van der Waals surface area contributed by atoms with E-state index in [1.54, 1.807) is 38.1 Å². The van der Waals surface area contributed by atoms with Crippen molar-refractivity contribution in [2.75, 3.05) is 5.32 Å². The molecule has 0 saturated carbocycles. The predicted molar refractivity (Wildman–Crippen MR) is 61.7 cm³/mol. The Morgan fingerprint density at radius 1 is 1.19 bits per heavy atom. The molecule has 0 aliphatic rings. The minimum atomic E-state index is -0.495. The number of benzene rings is 1. The minimum Gasteiger partial charge on any atom is -0.447 e. The number of hydrogen-bond acceptors (Lipinski definition) is 3. The first kappa shape index (κ1) is 12.2. The molecule has 4 heteroatoms. The molecule has 1 amide bonds. The molecule has 0 atom stereocenters. The fourth-order valence-electron chi connectivity index (χ4n) is 1.15. The van der Waals surface area contributed by atoms with Gasteiger partial charge >= 0.3 is 6.09 Å². The van der Waals surface area contributed by atoms with Crippen LogP contribution in [0.5, 0.6) is 0 Å². The molecule has 1 N–H and O–H groups in total. The standard InChI is InChI=1S/C12H15NO3/c1-8(2)16-12(15)13-11-6-4-10(5-7-11)9(3)14/h4-8H,1-3H3,(H,13,15). The largest absolute Gasteiger partial charge is 0.447 e. The van der Waals surface area contributed by atoms with Crippen LogP contribution in [0, 0.1) is 0 Å². The van der Waals surface area contributed by atoms with Crippen molar-refractivity contribution in [3.8, 4) is 0 Å². The number of carbonyl (C=O) groups is 2. The Morgan fingerprint density at radius 3 is 2.19 bits per heavy atom. The molecule has 0 unspecified atom stereocenters. The lowest BCUT2D eigenvalue weighted by Gasteiger charge is -2.09. The van der Waals surface area contributed by atoms with Crippen molar-refractivity contribution in [3.05, 3.63) is 29.8 Å². The molecule has 0 aliphatic carbocycles. The van der Waals surface area contributed by atoms with Crippen LogP contribution in [-0.2, 0) is 4.74 Å². The fraction of sp³-hybridized carbons (Fsp3) is 0.333. The summed E-state index contributed by atoms with van der Waals surface area (Å²) in [5.74, 6) is -0.00342. The van der Waals surface area contributed by atoms with Crippen LogP contribution >= 0.6 is 0 Å². The first-order chi connectivity index (χ1) is 7.49. The molecule has 0 bridgehead atoms. The predicted octanol–water partition coefficient (Wildman–Crippen LogP) is 2.85. The third-order valence-electron chi connectivity index (χ3n) is 1.88. The van der Waals surface area contributed by atoms with Crippen LogP contribution in [-0.4, -0.2) is 18.0 Å². The lowest BCUT2D eigenvalue weighted by molar-refractivity contribution is 0.101. The van der Waals surface area contributed by atoms with E-state index in [4.69, 9.17) is 4.74 Å². The highest BCUT2D eigenvalue weighted by molar-refractivity contribution is 5.94. The van der Waals surface area contributed by atoms with Crippen molar-refractivity contribution in [1.29, 1.82) is 0 Å². The van der Waals surface area contributed by atoms with Gasteiger partial charge in [0.1, 0.15) is 0 Å². The van der Waals surface area contributed by atoms with Gasteiger partial charge in [0.15, 0.2) is 5.78 Å². The Hall–Kier alpha value is -1.84. The number of carbonyl (C=O) groups excluding carboxylic acids is 2. The highest BCUT2D eigenvalue weighted by Gasteiger charge is 2.05. The van der Waals surface area contributed by atoms with Crippen LogP contribution in [0.2, 0.25) is 0 Å². The van der Waals surface area contributed by atoms with Crippen LogP contribution in [0.1, 0.15) is 31.1 Å². The van der Waals surface area contributed by atoms with Crippen molar-refractivity contribution in [3.63, 3.8) is 0 Å². The molecule has 0 aliphatic heterocycles. The topological polar surface area (TPSA) is 55.4 Å². The molecule has 0 radical (unpaired) electrons. The Balaban J connectivity index is 2.62. The van der Waals surface area contributed by atoms with Gasteiger partial charge in [0, 0.05) is 11.3 Å².